The highest BCUT2D eigenvalue weighted by Crippen LogP contribution is 2.11. The van der Waals surface area contributed by atoms with Gasteiger partial charge in [0, 0.05) is 6.07 Å². The molecule has 1 aromatic heterocycles. The average Bonchev–Trinajstić information content (AvgIpc) is 2.86. The molecule has 0 aliphatic rings. The first-order valence-corrected chi connectivity index (χ1v) is 8.71. The number of hydrogen-bond acceptors (Lipinski definition) is 5. The quantitative estimate of drug-likeness (QED) is 0.836. The van der Waals surface area contributed by atoms with Crippen LogP contribution in [0.3, 0.4) is 0 Å². The number of sulfonamides is 1. The largest absolute Gasteiger partial charge is 0.360 e. The Hall–Kier alpha value is -2.19. The zero-order valence-corrected chi connectivity index (χ0v) is 14.0. The van der Waals surface area contributed by atoms with Gasteiger partial charge in [0.2, 0.25) is 15.9 Å². The van der Waals surface area contributed by atoms with Crippen LogP contribution < -0.4 is 10.0 Å². The van der Waals surface area contributed by atoms with Crippen LogP contribution in [0, 0.1) is 13.8 Å². The van der Waals surface area contributed by atoms with Crippen molar-refractivity contribution in [2.45, 2.75) is 32.6 Å². The molecule has 23 heavy (non-hydrogen) atoms. The fourth-order valence-electron chi connectivity index (χ4n) is 2.00. The van der Waals surface area contributed by atoms with Crippen LogP contribution in [0.1, 0.15) is 23.8 Å². The Kier molecular flexibility index (Phi) is 5.17. The topological polar surface area (TPSA) is 101 Å². The summed E-state index contributed by atoms with van der Waals surface area (Å²) in [6.07, 6.45) is 0. The molecular formula is C15H19N3O4S. The molecule has 0 fully saturated rings. The lowest BCUT2D eigenvalue weighted by Gasteiger charge is -2.14. The zero-order valence-electron chi connectivity index (χ0n) is 13.2. The van der Waals surface area contributed by atoms with Crippen LogP contribution in [0.25, 0.3) is 0 Å². The summed E-state index contributed by atoms with van der Waals surface area (Å²) in [5, 5.41) is 6.12. The second-order valence-corrected chi connectivity index (χ2v) is 7.09. The minimum Gasteiger partial charge on any atom is -0.360 e. The van der Waals surface area contributed by atoms with Crippen molar-refractivity contribution in [3.8, 4) is 0 Å². The Bertz CT molecular complexity index is 799. The average molecular weight is 337 g/mol. The number of carbonyl (C=O) groups is 1. The molecule has 1 aromatic carbocycles. The number of anilines is 1. The van der Waals surface area contributed by atoms with Gasteiger partial charge in [-0.05, 0) is 31.9 Å². The third-order valence-corrected chi connectivity index (χ3v) is 4.64. The minimum atomic E-state index is -3.64. The third kappa shape index (κ3) is 4.90. The van der Waals surface area contributed by atoms with Crippen molar-refractivity contribution in [1.29, 1.82) is 0 Å². The number of rotatable bonds is 6. The van der Waals surface area contributed by atoms with Gasteiger partial charge in [0.25, 0.3) is 0 Å². The Balaban J connectivity index is 1.99. The molecule has 0 saturated carbocycles. The highest BCUT2D eigenvalue weighted by molar-refractivity contribution is 7.88. The summed E-state index contributed by atoms with van der Waals surface area (Å²) in [6, 6.07) is 7.83. The van der Waals surface area contributed by atoms with Crippen molar-refractivity contribution in [3.63, 3.8) is 0 Å². The van der Waals surface area contributed by atoms with Gasteiger partial charge in [-0.15, -0.1) is 0 Å². The monoisotopic (exact) mass is 337 g/mol. The molecule has 1 amide bonds. The summed E-state index contributed by atoms with van der Waals surface area (Å²) in [6.45, 7) is 5.00. The van der Waals surface area contributed by atoms with Gasteiger partial charge in [0.1, 0.15) is 5.76 Å². The lowest BCUT2D eigenvalue weighted by atomic mass is 10.1. The number of nitrogens with zero attached hydrogens (tertiary/aromatic N) is 1. The van der Waals surface area contributed by atoms with Crippen LogP contribution in [0.4, 0.5) is 5.82 Å². The molecule has 2 N–H and O–H groups in total. The van der Waals surface area contributed by atoms with E-state index < -0.39 is 22.0 Å². The molecule has 2 aromatic rings. The van der Waals surface area contributed by atoms with Crippen molar-refractivity contribution < 1.29 is 17.7 Å². The molecule has 1 heterocycles. The smallest absolute Gasteiger partial charge is 0.243 e. The van der Waals surface area contributed by atoms with Crippen molar-refractivity contribution in [2.24, 2.45) is 0 Å². The summed E-state index contributed by atoms with van der Waals surface area (Å²) >= 11 is 0. The van der Waals surface area contributed by atoms with Crippen LogP contribution >= 0.6 is 0 Å². The van der Waals surface area contributed by atoms with Gasteiger partial charge < -0.3 is 9.84 Å². The first-order chi connectivity index (χ1) is 10.8. The first-order valence-electron chi connectivity index (χ1n) is 7.05. The summed E-state index contributed by atoms with van der Waals surface area (Å²) in [5.74, 6) is 0.109. The SMILES string of the molecule is Cc1cc(NC(=O)[C@@H](C)NS(=O)(=O)Cc2ccccc2C)no1. The molecule has 124 valence electrons. The van der Waals surface area contributed by atoms with E-state index in [1.54, 1.807) is 25.1 Å². The Morgan fingerprint density at radius 1 is 1.30 bits per heavy atom. The van der Waals surface area contributed by atoms with E-state index in [0.29, 0.717) is 11.3 Å². The number of aryl methyl sites for hydroxylation is 2. The third-order valence-electron chi connectivity index (χ3n) is 3.24. The molecule has 0 bridgehead atoms. The van der Waals surface area contributed by atoms with Gasteiger partial charge in [-0.2, -0.15) is 0 Å². The van der Waals surface area contributed by atoms with Crippen molar-refractivity contribution in [2.75, 3.05) is 5.32 Å². The Morgan fingerprint density at radius 2 is 2.00 bits per heavy atom. The van der Waals surface area contributed by atoms with Gasteiger partial charge in [-0.25, -0.2) is 13.1 Å². The highest BCUT2D eigenvalue weighted by Gasteiger charge is 2.22. The van der Waals surface area contributed by atoms with Crippen molar-refractivity contribution >= 4 is 21.7 Å². The Morgan fingerprint density at radius 3 is 2.61 bits per heavy atom. The summed E-state index contributed by atoms with van der Waals surface area (Å²) in [4.78, 5) is 12.0. The lowest BCUT2D eigenvalue weighted by molar-refractivity contribution is -0.117. The molecule has 0 spiro atoms. The van der Waals surface area contributed by atoms with E-state index in [0.717, 1.165) is 5.56 Å². The van der Waals surface area contributed by atoms with Crippen LogP contribution in [0.15, 0.2) is 34.9 Å². The number of amides is 1. The van der Waals surface area contributed by atoms with Gasteiger partial charge in [0.15, 0.2) is 5.82 Å². The summed E-state index contributed by atoms with van der Waals surface area (Å²) in [7, 11) is -3.64. The fraction of sp³-hybridized carbons (Fsp3) is 0.333. The second-order valence-electron chi connectivity index (χ2n) is 5.34. The standard InChI is InChI=1S/C15H19N3O4S/c1-10-6-4-5-7-13(10)9-23(20,21)18-12(3)15(19)16-14-8-11(2)22-17-14/h4-8,12,18H,9H2,1-3H3,(H,16,17,19)/t12-/m1/s1. The van der Waals surface area contributed by atoms with Crippen molar-refractivity contribution in [3.05, 3.63) is 47.2 Å². The predicted molar refractivity (Wildman–Crippen MR) is 86.3 cm³/mol. The maximum absolute atomic E-state index is 12.2. The van der Waals surface area contributed by atoms with Gasteiger partial charge >= 0.3 is 0 Å². The van der Waals surface area contributed by atoms with E-state index in [1.165, 1.54) is 6.92 Å². The van der Waals surface area contributed by atoms with E-state index in [-0.39, 0.29) is 11.6 Å². The first kappa shape index (κ1) is 17.2. The van der Waals surface area contributed by atoms with Crippen molar-refractivity contribution in [1.82, 2.24) is 9.88 Å². The van der Waals surface area contributed by atoms with E-state index >= 15 is 0 Å². The number of nitrogens with one attached hydrogen (secondary N) is 2. The molecule has 1 atom stereocenters. The highest BCUT2D eigenvalue weighted by atomic mass is 32.2. The molecule has 0 radical (unpaired) electrons. The molecule has 0 aliphatic heterocycles. The summed E-state index contributed by atoms with van der Waals surface area (Å²) < 4.78 is 31.6. The lowest BCUT2D eigenvalue weighted by Crippen LogP contribution is -2.42. The van der Waals surface area contributed by atoms with Gasteiger partial charge in [-0.3, -0.25) is 4.79 Å². The molecule has 2 rings (SSSR count). The summed E-state index contributed by atoms with van der Waals surface area (Å²) in [5.41, 5.74) is 1.58. The maximum atomic E-state index is 12.2. The normalized spacial score (nSPS) is 12.8. The minimum absolute atomic E-state index is 0.180. The van der Waals surface area contributed by atoms with E-state index in [1.807, 2.05) is 19.1 Å². The van der Waals surface area contributed by atoms with Crippen LogP contribution in [-0.4, -0.2) is 25.5 Å². The molecule has 7 nitrogen and oxygen atoms in total. The van der Waals surface area contributed by atoms with Crippen LogP contribution in [0.5, 0.6) is 0 Å². The van der Waals surface area contributed by atoms with E-state index in [4.69, 9.17) is 4.52 Å². The van der Waals surface area contributed by atoms with Gasteiger partial charge in [-0.1, -0.05) is 29.4 Å². The molecule has 0 aliphatic carbocycles. The van der Waals surface area contributed by atoms with Gasteiger partial charge in [0.05, 0.1) is 11.8 Å². The number of hydrogen-bond donors (Lipinski definition) is 2. The molecule has 0 unspecified atom stereocenters. The van der Waals surface area contributed by atoms with E-state index in [9.17, 15) is 13.2 Å². The fourth-order valence-corrected chi connectivity index (χ4v) is 3.46. The zero-order chi connectivity index (χ0) is 17.0. The van der Waals surface area contributed by atoms with Crippen LogP contribution in [0.2, 0.25) is 0 Å². The van der Waals surface area contributed by atoms with E-state index in [2.05, 4.69) is 15.2 Å². The Labute approximate surface area is 135 Å². The number of benzene rings is 1. The molecular weight excluding hydrogens is 318 g/mol. The van der Waals surface area contributed by atoms with Crippen LogP contribution in [-0.2, 0) is 20.6 Å². The number of carbonyl (C=O) groups excluding carboxylic acids is 1. The number of aromatic nitrogens is 1. The maximum Gasteiger partial charge on any atom is 0.243 e. The molecule has 8 heteroatoms. The molecule has 0 saturated heterocycles. The second kappa shape index (κ2) is 6.93. The predicted octanol–water partition coefficient (Wildman–Crippen LogP) is 1.74.